The Balaban J connectivity index is 1.66. The molecule has 20 heavy (non-hydrogen) atoms. The summed E-state index contributed by atoms with van der Waals surface area (Å²) in [5, 5.41) is 3.34. The Kier molecular flexibility index (Phi) is 3.74. The van der Waals surface area contributed by atoms with Gasteiger partial charge in [-0.05, 0) is 36.3 Å². The first kappa shape index (κ1) is 13.2. The second kappa shape index (κ2) is 5.67. The van der Waals surface area contributed by atoms with E-state index in [9.17, 15) is 4.79 Å². The molecule has 1 atom stereocenters. The van der Waals surface area contributed by atoms with Crippen molar-refractivity contribution in [3.8, 4) is 5.75 Å². The number of rotatable bonds is 2. The van der Waals surface area contributed by atoms with Crippen LogP contribution >= 0.6 is 0 Å². The molecule has 1 saturated heterocycles. The molecule has 1 N–H and O–H groups in total. The van der Waals surface area contributed by atoms with Crippen LogP contribution in [0.25, 0.3) is 6.08 Å². The van der Waals surface area contributed by atoms with Crippen LogP contribution in [0.4, 0.5) is 0 Å². The number of hydrogen-bond acceptors (Lipinski definition) is 3. The van der Waals surface area contributed by atoms with Crippen LogP contribution in [0.2, 0.25) is 0 Å². The second-order valence-corrected chi connectivity index (χ2v) is 5.44. The van der Waals surface area contributed by atoms with Crippen molar-refractivity contribution >= 4 is 12.0 Å². The van der Waals surface area contributed by atoms with Gasteiger partial charge in [0.25, 0.3) is 0 Å². The molecule has 2 aliphatic heterocycles. The first-order chi connectivity index (χ1) is 9.72. The van der Waals surface area contributed by atoms with Crippen molar-refractivity contribution in [3.63, 3.8) is 0 Å². The van der Waals surface area contributed by atoms with Crippen LogP contribution < -0.4 is 10.1 Å². The largest absolute Gasteiger partial charge is 0.493 e. The summed E-state index contributed by atoms with van der Waals surface area (Å²) in [5.41, 5.74) is 2.29. The van der Waals surface area contributed by atoms with Crippen LogP contribution in [-0.4, -0.2) is 43.1 Å². The van der Waals surface area contributed by atoms with E-state index >= 15 is 0 Å². The molecule has 2 heterocycles. The van der Waals surface area contributed by atoms with E-state index < -0.39 is 0 Å². The molecule has 4 heteroatoms. The minimum absolute atomic E-state index is 0.0927. The summed E-state index contributed by atoms with van der Waals surface area (Å²) in [6.45, 7) is 5.30. The van der Waals surface area contributed by atoms with E-state index in [1.165, 1.54) is 5.56 Å². The van der Waals surface area contributed by atoms with Crippen molar-refractivity contribution in [1.29, 1.82) is 0 Å². The number of nitrogens with one attached hydrogen (secondary N) is 1. The minimum Gasteiger partial charge on any atom is -0.493 e. The lowest BCUT2D eigenvalue weighted by Crippen LogP contribution is -2.50. The molecule has 0 aliphatic carbocycles. The lowest BCUT2D eigenvalue weighted by molar-refractivity contribution is -0.127. The number of ether oxygens (including phenoxy) is 1. The summed E-state index contributed by atoms with van der Waals surface area (Å²) in [6.07, 6.45) is 4.53. The van der Waals surface area contributed by atoms with E-state index in [-0.39, 0.29) is 5.91 Å². The van der Waals surface area contributed by atoms with E-state index in [0.717, 1.165) is 44.0 Å². The first-order valence-corrected chi connectivity index (χ1v) is 7.18. The average molecular weight is 272 g/mol. The number of carbonyl (C=O) groups is 1. The standard InChI is InChI=1S/C16H20N2O2/c1-12-11-18(8-7-17-12)16(19)5-3-13-2-4-15-14(10-13)6-9-20-15/h2-5,10,12,17H,6-9,11H2,1H3. The van der Waals surface area contributed by atoms with Crippen molar-refractivity contribution in [3.05, 3.63) is 35.4 Å². The van der Waals surface area contributed by atoms with E-state index in [0.29, 0.717) is 6.04 Å². The highest BCUT2D eigenvalue weighted by Gasteiger charge is 2.18. The van der Waals surface area contributed by atoms with Crippen molar-refractivity contribution in [2.45, 2.75) is 19.4 Å². The maximum atomic E-state index is 12.1. The van der Waals surface area contributed by atoms with Gasteiger partial charge in [0.15, 0.2) is 0 Å². The molecule has 0 radical (unpaired) electrons. The molecule has 4 nitrogen and oxygen atoms in total. The molecule has 1 amide bonds. The van der Waals surface area contributed by atoms with Gasteiger partial charge in [-0.2, -0.15) is 0 Å². The zero-order chi connectivity index (χ0) is 13.9. The van der Waals surface area contributed by atoms with Crippen LogP contribution in [0, 0.1) is 0 Å². The van der Waals surface area contributed by atoms with Crippen LogP contribution in [0.15, 0.2) is 24.3 Å². The monoisotopic (exact) mass is 272 g/mol. The normalized spacial score (nSPS) is 21.9. The highest BCUT2D eigenvalue weighted by Crippen LogP contribution is 2.26. The summed E-state index contributed by atoms with van der Waals surface area (Å²) in [7, 11) is 0. The molecule has 0 spiro atoms. The Morgan fingerprint density at radius 3 is 3.25 bits per heavy atom. The Bertz CT molecular complexity index is 539. The predicted molar refractivity (Wildman–Crippen MR) is 78.7 cm³/mol. The molecular weight excluding hydrogens is 252 g/mol. The number of hydrogen-bond donors (Lipinski definition) is 1. The van der Waals surface area contributed by atoms with Gasteiger partial charge in [0.05, 0.1) is 6.61 Å². The number of amides is 1. The summed E-state index contributed by atoms with van der Waals surface area (Å²) in [4.78, 5) is 14.0. The highest BCUT2D eigenvalue weighted by molar-refractivity contribution is 5.92. The Morgan fingerprint density at radius 1 is 1.50 bits per heavy atom. The smallest absolute Gasteiger partial charge is 0.246 e. The van der Waals surface area contributed by atoms with Gasteiger partial charge in [-0.25, -0.2) is 0 Å². The van der Waals surface area contributed by atoms with Crippen LogP contribution in [0.1, 0.15) is 18.1 Å². The third-order valence-corrected chi connectivity index (χ3v) is 3.81. The van der Waals surface area contributed by atoms with Crippen LogP contribution in [0.5, 0.6) is 5.75 Å². The van der Waals surface area contributed by atoms with Gasteiger partial charge >= 0.3 is 0 Å². The van der Waals surface area contributed by atoms with E-state index in [1.54, 1.807) is 6.08 Å². The quantitative estimate of drug-likeness (QED) is 0.829. The highest BCUT2D eigenvalue weighted by atomic mass is 16.5. The molecule has 1 fully saturated rings. The number of nitrogens with zero attached hydrogens (tertiary/aromatic N) is 1. The third-order valence-electron chi connectivity index (χ3n) is 3.81. The zero-order valence-electron chi connectivity index (χ0n) is 11.8. The van der Waals surface area contributed by atoms with Crippen molar-refractivity contribution in [2.75, 3.05) is 26.2 Å². The van der Waals surface area contributed by atoms with E-state index in [1.807, 2.05) is 23.1 Å². The molecule has 1 aromatic rings. The lowest BCUT2D eigenvalue weighted by Gasteiger charge is -2.31. The molecule has 1 unspecified atom stereocenters. The molecule has 2 aliphatic rings. The van der Waals surface area contributed by atoms with Gasteiger partial charge < -0.3 is 15.0 Å². The van der Waals surface area contributed by atoms with E-state index in [2.05, 4.69) is 18.3 Å². The van der Waals surface area contributed by atoms with E-state index in [4.69, 9.17) is 4.74 Å². The summed E-state index contributed by atoms with van der Waals surface area (Å²) in [6, 6.07) is 6.46. The summed E-state index contributed by atoms with van der Waals surface area (Å²) >= 11 is 0. The average Bonchev–Trinajstić information content (AvgIpc) is 2.92. The van der Waals surface area contributed by atoms with Gasteiger partial charge in [-0.3, -0.25) is 4.79 Å². The van der Waals surface area contributed by atoms with Gasteiger partial charge in [0, 0.05) is 38.2 Å². The van der Waals surface area contributed by atoms with Gasteiger partial charge in [-0.1, -0.05) is 6.07 Å². The lowest BCUT2D eigenvalue weighted by atomic mass is 10.1. The van der Waals surface area contributed by atoms with Crippen LogP contribution in [-0.2, 0) is 11.2 Å². The zero-order valence-corrected chi connectivity index (χ0v) is 11.8. The van der Waals surface area contributed by atoms with Crippen molar-refractivity contribution in [2.24, 2.45) is 0 Å². The number of carbonyl (C=O) groups excluding carboxylic acids is 1. The molecule has 0 aromatic heterocycles. The Labute approximate surface area is 119 Å². The van der Waals surface area contributed by atoms with Crippen LogP contribution in [0.3, 0.4) is 0 Å². The SMILES string of the molecule is CC1CN(C(=O)C=Cc2ccc3c(c2)CCO3)CCN1. The number of fused-ring (bicyclic) bond motifs is 1. The van der Waals surface area contributed by atoms with Crippen molar-refractivity contribution < 1.29 is 9.53 Å². The molecule has 1 aromatic carbocycles. The maximum absolute atomic E-state index is 12.1. The Hall–Kier alpha value is -1.81. The molecule has 106 valence electrons. The van der Waals surface area contributed by atoms with Gasteiger partial charge in [0.1, 0.15) is 5.75 Å². The summed E-state index contributed by atoms with van der Waals surface area (Å²) < 4.78 is 5.48. The fourth-order valence-corrected chi connectivity index (χ4v) is 2.72. The van der Waals surface area contributed by atoms with Gasteiger partial charge in [0.2, 0.25) is 5.91 Å². The molecule has 0 saturated carbocycles. The second-order valence-electron chi connectivity index (χ2n) is 5.44. The fraction of sp³-hybridized carbons (Fsp3) is 0.438. The first-order valence-electron chi connectivity index (χ1n) is 7.18. The molecular formula is C16H20N2O2. The molecule has 3 rings (SSSR count). The Morgan fingerprint density at radius 2 is 2.40 bits per heavy atom. The summed E-state index contributed by atoms with van der Waals surface area (Å²) in [5.74, 6) is 1.07. The maximum Gasteiger partial charge on any atom is 0.246 e. The number of benzene rings is 1. The van der Waals surface area contributed by atoms with Gasteiger partial charge in [-0.15, -0.1) is 0 Å². The predicted octanol–water partition coefficient (Wildman–Crippen LogP) is 1.46. The molecule has 0 bridgehead atoms. The fourth-order valence-electron chi connectivity index (χ4n) is 2.72. The number of piperazine rings is 1. The minimum atomic E-state index is 0.0927. The van der Waals surface area contributed by atoms with Crippen molar-refractivity contribution in [1.82, 2.24) is 10.2 Å². The topological polar surface area (TPSA) is 41.6 Å². The third kappa shape index (κ3) is 2.85.